The van der Waals surface area contributed by atoms with Crippen LogP contribution in [0.15, 0.2) is 41.1 Å². The standard InChI is InChI=1S/C19H20N4O4/c1-4-26-19(25)16-8-12(2)23(13(16)3)10-17(24)21-15-7-5-6-14(9-15)18-22-20-11-27-18/h5-9,11H,4,10H2,1-3H3,(H,21,24). The molecule has 0 aliphatic heterocycles. The van der Waals surface area contributed by atoms with E-state index in [1.807, 2.05) is 13.0 Å². The molecule has 3 rings (SSSR count). The Labute approximate surface area is 156 Å². The van der Waals surface area contributed by atoms with Gasteiger partial charge in [0.05, 0.1) is 12.2 Å². The first kappa shape index (κ1) is 18.4. The Morgan fingerprint density at radius 2 is 2.07 bits per heavy atom. The van der Waals surface area contributed by atoms with Crippen molar-refractivity contribution in [1.82, 2.24) is 14.8 Å². The molecule has 0 aliphatic rings. The van der Waals surface area contributed by atoms with Crippen LogP contribution in [0.3, 0.4) is 0 Å². The summed E-state index contributed by atoms with van der Waals surface area (Å²) in [6.07, 6.45) is 1.25. The summed E-state index contributed by atoms with van der Waals surface area (Å²) in [6, 6.07) is 8.87. The number of benzene rings is 1. The minimum atomic E-state index is -0.385. The van der Waals surface area contributed by atoms with E-state index in [0.717, 1.165) is 5.69 Å². The van der Waals surface area contributed by atoms with E-state index in [1.165, 1.54) is 6.39 Å². The largest absolute Gasteiger partial charge is 0.462 e. The van der Waals surface area contributed by atoms with Crippen molar-refractivity contribution in [2.75, 3.05) is 11.9 Å². The van der Waals surface area contributed by atoms with Gasteiger partial charge in [0.1, 0.15) is 6.54 Å². The second-order valence-electron chi connectivity index (χ2n) is 5.96. The molecule has 0 aliphatic carbocycles. The number of nitrogens with zero attached hydrogens (tertiary/aromatic N) is 3. The second-order valence-corrected chi connectivity index (χ2v) is 5.96. The number of amides is 1. The lowest BCUT2D eigenvalue weighted by Gasteiger charge is -2.11. The molecule has 1 aromatic carbocycles. The molecule has 140 valence electrons. The summed E-state index contributed by atoms with van der Waals surface area (Å²) in [5.74, 6) is -0.221. The fraction of sp³-hybridized carbons (Fsp3) is 0.263. The van der Waals surface area contributed by atoms with Gasteiger partial charge in [0.15, 0.2) is 0 Å². The van der Waals surface area contributed by atoms with Crippen molar-refractivity contribution in [2.24, 2.45) is 0 Å². The number of aromatic nitrogens is 3. The van der Waals surface area contributed by atoms with E-state index in [-0.39, 0.29) is 18.4 Å². The highest BCUT2D eigenvalue weighted by atomic mass is 16.5. The van der Waals surface area contributed by atoms with E-state index in [0.29, 0.717) is 35.0 Å². The molecule has 0 spiro atoms. The Kier molecular flexibility index (Phi) is 5.35. The Morgan fingerprint density at radius 3 is 2.78 bits per heavy atom. The van der Waals surface area contributed by atoms with Crippen molar-refractivity contribution in [3.63, 3.8) is 0 Å². The van der Waals surface area contributed by atoms with Gasteiger partial charge in [0.2, 0.25) is 18.2 Å². The number of anilines is 1. The zero-order chi connectivity index (χ0) is 19.4. The zero-order valence-corrected chi connectivity index (χ0v) is 15.4. The normalized spacial score (nSPS) is 10.6. The maximum absolute atomic E-state index is 12.5. The van der Waals surface area contributed by atoms with Crippen LogP contribution < -0.4 is 5.32 Å². The highest BCUT2D eigenvalue weighted by Gasteiger charge is 2.18. The summed E-state index contributed by atoms with van der Waals surface area (Å²) in [7, 11) is 0. The minimum absolute atomic E-state index is 0.0852. The summed E-state index contributed by atoms with van der Waals surface area (Å²) in [5.41, 5.74) is 3.30. The first-order valence-corrected chi connectivity index (χ1v) is 8.50. The van der Waals surface area contributed by atoms with Gasteiger partial charge in [-0.1, -0.05) is 6.07 Å². The topological polar surface area (TPSA) is 99.2 Å². The molecule has 0 unspecified atom stereocenters. The van der Waals surface area contributed by atoms with Crippen molar-refractivity contribution < 1.29 is 18.7 Å². The van der Waals surface area contributed by atoms with E-state index >= 15 is 0 Å². The maximum atomic E-state index is 12.5. The average Bonchev–Trinajstić information content (AvgIpc) is 3.26. The van der Waals surface area contributed by atoms with E-state index in [2.05, 4.69) is 15.5 Å². The quantitative estimate of drug-likeness (QED) is 0.672. The fourth-order valence-electron chi connectivity index (χ4n) is 2.83. The van der Waals surface area contributed by atoms with Crippen LogP contribution in [0, 0.1) is 13.8 Å². The number of nitrogens with one attached hydrogen (secondary N) is 1. The molecule has 0 atom stereocenters. The number of hydrogen-bond acceptors (Lipinski definition) is 6. The van der Waals surface area contributed by atoms with Gasteiger partial charge in [-0.05, 0) is 45.0 Å². The Bertz CT molecular complexity index is 960. The Hall–Kier alpha value is -3.42. The van der Waals surface area contributed by atoms with E-state index < -0.39 is 0 Å². The number of aryl methyl sites for hydroxylation is 1. The van der Waals surface area contributed by atoms with Crippen LogP contribution in [-0.2, 0) is 16.1 Å². The van der Waals surface area contributed by atoms with Crippen LogP contribution in [0.2, 0.25) is 0 Å². The van der Waals surface area contributed by atoms with Crippen LogP contribution in [-0.4, -0.2) is 33.2 Å². The molecule has 1 amide bonds. The summed E-state index contributed by atoms with van der Waals surface area (Å²) in [6.45, 7) is 5.79. The van der Waals surface area contributed by atoms with Crippen LogP contribution in [0.25, 0.3) is 11.5 Å². The van der Waals surface area contributed by atoms with Crippen LogP contribution in [0.4, 0.5) is 5.69 Å². The molecule has 3 aromatic rings. The third-order valence-electron chi connectivity index (χ3n) is 4.12. The van der Waals surface area contributed by atoms with Gasteiger partial charge in [0.25, 0.3) is 0 Å². The predicted octanol–water partition coefficient (Wildman–Crippen LogP) is 2.97. The highest BCUT2D eigenvalue weighted by molar-refractivity contribution is 5.93. The summed E-state index contributed by atoms with van der Waals surface area (Å²) < 4.78 is 12.0. The van der Waals surface area contributed by atoms with Gasteiger partial charge < -0.3 is 19.0 Å². The monoisotopic (exact) mass is 368 g/mol. The lowest BCUT2D eigenvalue weighted by Crippen LogP contribution is -2.20. The van der Waals surface area contributed by atoms with Crippen molar-refractivity contribution in [1.29, 1.82) is 0 Å². The lowest BCUT2D eigenvalue weighted by atomic mass is 10.2. The zero-order valence-electron chi connectivity index (χ0n) is 15.4. The molecular weight excluding hydrogens is 348 g/mol. The molecule has 0 fully saturated rings. The minimum Gasteiger partial charge on any atom is -0.462 e. The summed E-state index contributed by atoms with van der Waals surface area (Å²) in [4.78, 5) is 24.5. The first-order valence-electron chi connectivity index (χ1n) is 8.50. The predicted molar refractivity (Wildman–Crippen MR) is 98.2 cm³/mol. The number of ether oxygens (including phenoxy) is 1. The van der Waals surface area contributed by atoms with Gasteiger partial charge in [-0.25, -0.2) is 4.79 Å². The molecule has 2 aromatic heterocycles. The van der Waals surface area contributed by atoms with E-state index in [4.69, 9.17) is 9.15 Å². The number of carbonyl (C=O) groups is 2. The van der Waals surface area contributed by atoms with E-state index in [9.17, 15) is 9.59 Å². The van der Waals surface area contributed by atoms with Gasteiger partial charge in [-0.2, -0.15) is 0 Å². The van der Waals surface area contributed by atoms with Crippen molar-refractivity contribution in [2.45, 2.75) is 27.3 Å². The Morgan fingerprint density at radius 1 is 1.26 bits per heavy atom. The van der Waals surface area contributed by atoms with Crippen molar-refractivity contribution in [3.05, 3.63) is 53.7 Å². The van der Waals surface area contributed by atoms with Crippen molar-refractivity contribution in [3.8, 4) is 11.5 Å². The number of esters is 1. The molecule has 8 nitrogen and oxygen atoms in total. The second kappa shape index (κ2) is 7.86. The molecule has 27 heavy (non-hydrogen) atoms. The third-order valence-corrected chi connectivity index (χ3v) is 4.12. The third kappa shape index (κ3) is 4.05. The van der Waals surface area contributed by atoms with Gasteiger partial charge in [-0.15, -0.1) is 10.2 Å². The van der Waals surface area contributed by atoms with Crippen molar-refractivity contribution >= 4 is 17.6 Å². The van der Waals surface area contributed by atoms with Gasteiger partial charge in [0, 0.05) is 22.6 Å². The lowest BCUT2D eigenvalue weighted by molar-refractivity contribution is -0.116. The maximum Gasteiger partial charge on any atom is 0.339 e. The number of rotatable bonds is 6. The molecule has 8 heteroatoms. The molecule has 2 heterocycles. The van der Waals surface area contributed by atoms with Gasteiger partial charge >= 0.3 is 5.97 Å². The first-order chi connectivity index (χ1) is 13.0. The smallest absolute Gasteiger partial charge is 0.339 e. The van der Waals surface area contributed by atoms with Crippen LogP contribution >= 0.6 is 0 Å². The molecule has 1 N–H and O–H groups in total. The Balaban J connectivity index is 1.73. The molecule has 0 saturated heterocycles. The van der Waals surface area contributed by atoms with Crippen LogP contribution in [0.1, 0.15) is 28.7 Å². The van der Waals surface area contributed by atoms with E-state index in [1.54, 1.807) is 42.7 Å². The summed E-state index contributed by atoms with van der Waals surface area (Å²) in [5, 5.41) is 10.3. The molecule has 0 radical (unpaired) electrons. The molecule has 0 saturated carbocycles. The highest BCUT2D eigenvalue weighted by Crippen LogP contribution is 2.21. The molecule has 0 bridgehead atoms. The molecular formula is C19H20N4O4. The fourth-order valence-corrected chi connectivity index (χ4v) is 2.83. The average molecular weight is 368 g/mol. The number of carbonyl (C=O) groups excluding carboxylic acids is 2. The summed E-state index contributed by atoms with van der Waals surface area (Å²) >= 11 is 0. The van der Waals surface area contributed by atoms with Gasteiger partial charge in [-0.3, -0.25) is 4.79 Å². The SMILES string of the molecule is CCOC(=O)c1cc(C)n(CC(=O)Nc2cccc(-c3nnco3)c2)c1C. The van der Waals surface area contributed by atoms with Crippen LogP contribution in [0.5, 0.6) is 0 Å². The number of hydrogen-bond donors (Lipinski definition) is 1.